The van der Waals surface area contributed by atoms with E-state index >= 15 is 0 Å². The summed E-state index contributed by atoms with van der Waals surface area (Å²) in [5, 5.41) is 12.6. The summed E-state index contributed by atoms with van der Waals surface area (Å²) >= 11 is 5.85. The van der Waals surface area contributed by atoms with Gasteiger partial charge in [-0.15, -0.1) is 0 Å². The van der Waals surface area contributed by atoms with Crippen LogP contribution in [0.2, 0.25) is 5.02 Å². The van der Waals surface area contributed by atoms with Gasteiger partial charge in [0.1, 0.15) is 5.75 Å². The lowest BCUT2D eigenvalue weighted by Crippen LogP contribution is -2.16. The molecular formula is C15H14ClN3O2. The van der Waals surface area contributed by atoms with E-state index in [9.17, 15) is 0 Å². The molecular weight excluding hydrogens is 290 g/mol. The second kappa shape index (κ2) is 5.61. The SMILES string of the molecule is NC(=NO)c1cc2c(nc1Oc1ccc(Cl)cc1)CCC2. The van der Waals surface area contributed by atoms with Crippen LogP contribution >= 0.6 is 11.6 Å². The quantitative estimate of drug-likeness (QED) is 0.395. The van der Waals surface area contributed by atoms with E-state index in [4.69, 9.17) is 27.3 Å². The highest BCUT2D eigenvalue weighted by atomic mass is 35.5. The first-order chi connectivity index (χ1) is 10.2. The second-order valence-corrected chi connectivity index (χ2v) is 5.28. The number of oxime groups is 1. The number of rotatable bonds is 3. The van der Waals surface area contributed by atoms with Crippen LogP contribution in [-0.2, 0) is 12.8 Å². The number of amidine groups is 1. The van der Waals surface area contributed by atoms with E-state index in [1.54, 1.807) is 24.3 Å². The van der Waals surface area contributed by atoms with Crippen molar-refractivity contribution in [3.05, 3.63) is 52.2 Å². The maximum Gasteiger partial charge on any atom is 0.230 e. The van der Waals surface area contributed by atoms with E-state index in [2.05, 4.69) is 10.1 Å². The van der Waals surface area contributed by atoms with E-state index < -0.39 is 0 Å². The van der Waals surface area contributed by atoms with Gasteiger partial charge in [0.05, 0.1) is 5.56 Å². The number of benzene rings is 1. The smallest absolute Gasteiger partial charge is 0.230 e. The van der Waals surface area contributed by atoms with Crippen LogP contribution in [0.5, 0.6) is 11.6 Å². The van der Waals surface area contributed by atoms with Gasteiger partial charge in [0.15, 0.2) is 5.84 Å². The number of nitrogens with two attached hydrogens (primary N) is 1. The van der Waals surface area contributed by atoms with Gasteiger partial charge in [0, 0.05) is 10.7 Å². The monoisotopic (exact) mass is 303 g/mol. The fraction of sp³-hybridized carbons (Fsp3) is 0.200. The van der Waals surface area contributed by atoms with E-state index in [1.165, 1.54) is 0 Å². The summed E-state index contributed by atoms with van der Waals surface area (Å²) in [6.07, 6.45) is 2.93. The van der Waals surface area contributed by atoms with E-state index in [0.717, 1.165) is 30.5 Å². The first-order valence-electron chi connectivity index (χ1n) is 6.61. The number of ether oxygens (including phenoxy) is 1. The summed E-state index contributed by atoms with van der Waals surface area (Å²) in [7, 11) is 0. The fourth-order valence-electron chi connectivity index (χ4n) is 2.38. The number of halogens is 1. The van der Waals surface area contributed by atoms with E-state index in [0.29, 0.717) is 22.2 Å². The minimum absolute atomic E-state index is 0.0128. The maximum atomic E-state index is 8.93. The molecule has 0 bridgehead atoms. The van der Waals surface area contributed by atoms with E-state index in [-0.39, 0.29) is 5.84 Å². The summed E-state index contributed by atoms with van der Waals surface area (Å²) in [4.78, 5) is 4.51. The van der Waals surface area contributed by atoms with Gasteiger partial charge < -0.3 is 15.7 Å². The zero-order valence-electron chi connectivity index (χ0n) is 11.2. The molecule has 0 unspecified atom stereocenters. The highest BCUT2D eigenvalue weighted by Crippen LogP contribution is 2.30. The molecule has 21 heavy (non-hydrogen) atoms. The van der Waals surface area contributed by atoms with Crippen molar-refractivity contribution in [2.45, 2.75) is 19.3 Å². The molecule has 1 aliphatic carbocycles. The number of fused-ring (bicyclic) bond motifs is 1. The lowest BCUT2D eigenvalue weighted by Gasteiger charge is -2.11. The molecule has 0 saturated carbocycles. The normalized spacial score (nSPS) is 14.0. The average molecular weight is 304 g/mol. The highest BCUT2D eigenvalue weighted by Gasteiger charge is 2.19. The Morgan fingerprint density at radius 2 is 2.05 bits per heavy atom. The number of pyridine rings is 1. The van der Waals surface area contributed by atoms with Crippen molar-refractivity contribution < 1.29 is 9.94 Å². The number of hydrogen-bond acceptors (Lipinski definition) is 4. The van der Waals surface area contributed by atoms with Crippen molar-refractivity contribution in [1.82, 2.24) is 4.98 Å². The third-order valence-corrected chi connectivity index (χ3v) is 3.68. The van der Waals surface area contributed by atoms with Gasteiger partial charge in [-0.1, -0.05) is 16.8 Å². The predicted octanol–water partition coefficient (Wildman–Crippen LogP) is 3.11. The van der Waals surface area contributed by atoms with Gasteiger partial charge in [0.2, 0.25) is 5.88 Å². The Morgan fingerprint density at radius 1 is 1.29 bits per heavy atom. The summed E-state index contributed by atoms with van der Waals surface area (Å²) in [5.41, 5.74) is 8.35. The van der Waals surface area contributed by atoms with Crippen molar-refractivity contribution >= 4 is 17.4 Å². The van der Waals surface area contributed by atoms with Crippen LogP contribution in [0, 0.1) is 0 Å². The molecule has 0 fully saturated rings. The standard InChI is InChI=1S/C15H14ClN3O2/c16-10-4-6-11(7-5-10)21-15-12(14(17)19-20)8-9-2-1-3-13(9)18-15/h4-8,20H,1-3H2,(H2,17,19). The predicted molar refractivity (Wildman–Crippen MR) is 80.3 cm³/mol. The molecule has 0 atom stereocenters. The first kappa shape index (κ1) is 13.7. The Labute approximate surface area is 127 Å². The maximum absolute atomic E-state index is 8.93. The Hall–Kier alpha value is -2.27. The van der Waals surface area contributed by atoms with Gasteiger partial charge >= 0.3 is 0 Å². The molecule has 2 aromatic rings. The number of nitrogens with zero attached hydrogens (tertiary/aromatic N) is 2. The largest absolute Gasteiger partial charge is 0.438 e. The van der Waals surface area contributed by atoms with E-state index in [1.807, 2.05) is 6.07 Å². The van der Waals surface area contributed by atoms with Gasteiger partial charge in [-0.3, -0.25) is 0 Å². The van der Waals surface area contributed by atoms with Crippen LogP contribution in [0.1, 0.15) is 23.2 Å². The summed E-state index contributed by atoms with van der Waals surface area (Å²) < 4.78 is 5.77. The summed E-state index contributed by atoms with van der Waals surface area (Å²) in [6, 6.07) is 8.83. The van der Waals surface area contributed by atoms with Crippen molar-refractivity contribution in [2.24, 2.45) is 10.9 Å². The van der Waals surface area contributed by atoms with Crippen molar-refractivity contribution in [1.29, 1.82) is 0 Å². The third-order valence-electron chi connectivity index (χ3n) is 3.43. The Balaban J connectivity index is 2.01. The van der Waals surface area contributed by atoms with Crippen molar-refractivity contribution in [3.63, 3.8) is 0 Å². The third kappa shape index (κ3) is 2.78. The molecule has 0 radical (unpaired) electrons. The van der Waals surface area contributed by atoms with Gasteiger partial charge in [-0.2, -0.15) is 0 Å². The molecule has 1 aliphatic rings. The number of aryl methyl sites for hydroxylation is 2. The fourth-order valence-corrected chi connectivity index (χ4v) is 2.51. The van der Waals surface area contributed by atoms with Gasteiger partial charge in [-0.05, 0) is 55.2 Å². The van der Waals surface area contributed by atoms with Crippen molar-refractivity contribution in [3.8, 4) is 11.6 Å². The second-order valence-electron chi connectivity index (χ2n) is 4.84. The summed E-state index contributed by atoms with van der Waals surface area (Å²) in [6.45, 7) is 0. The molecule has 0 aliphatic heterocycles. The molecule has 0 amide bonds. The van der Waals surface area contributed by atoms with Crippen LogP contribution in [-0.4, -0.2) is 16.0 Å². The summed E-state index contributed by atoms with van der Waals surface area (Å²) in [5.74, 6) is 0.922. The zero-order valence-corrected chi connectivity index (χ0v) is 12.0. The molecule has 1 aromatic heterocycles. The topological polar surface area (TPSA) is 80.7 Å². The zero-order chi connectivity index (χ0) is 14.8. The lowest BCUT2D eigenvalue weighted by molar-refractivity contribution is 0.318. The molecule has 1 heterocycles. The van der Waals surface area contributed by atoms with Crippen LogP contribution < -0.4 is 10.5 Å². The van der Waals surface area contributed by atoms with Gasteiger partial charge in [0.25, 0.3) is 0 Å². The number of hydrogen-bond donors (Lipinski definition) is 2. The molecule has 5 nitrogen and oxygen atoms in total. The van der Waals surface area contributed by atoms with Crippen molar-refractivity contribution in [2.75, 3.05) is 0 Å². The molecule has 0 saturated heterocycles. The molecule has 3 N–H and O–H groups in total. The Bertz CT molecular complexity index is 699. The average Bonchev–Trinajstić information content (AvgIpc) is 2.95. The van der Waals surface area contributed by atoms with Gasteiger partial charge in [-0.25, -0.2) is 4.98 Å². The minimum atomic E-state index is -0.0128. The Morgan fingerprint density at radius 3 is 2.76 bits per heavy atom. The van der Waals surface area contributed by atoms with Crippen LogP contribution in [0.3, 0.4) is 0 Å². The minimum Gasteiger partial charge on any atom is -0.438 e. The van der Waals surface area contributed by atoms with Crippen LogP contribution in [0.4, 0.5) is 0 Å². The van der Waals surface area contributed by atoms with Crippen LogP contribution in [0.15, 0.2) is 35.5 Å². The molecule has 0 spiro atoms. The number of aromatic nitrogens is 1. The lowest BCUT2D eigenvalue weighted by atomic mass is 10.1. The first-order valence-corrected chi connectivity index (χ1v) is 6.99. The molecule has 1 aromatic carbocycles. The molecule has 6 heteroatoms. The Kier molecular flexibility index (Phi) is 3.66. The molecule has 3 rings (SSSR count). The van der Waals surface area contributed by atoms with Crippen LogP contribution in [0.25, 0.3) is 0 Å². The highest BCUT2D eigenvalue weighted by molar-refractivity contribution is 6.30. The molecule has 108 valence electrons.